The van der Waals surface area contributed by atoms with Crippen LogP contribution in [-0.4, -0.2) is 8.07 Å². The van der Waals surface area contributed by atoms with Crippen LogP contribution in [0.25, 0.3) is 5.57 Å². The van der Waals surface area contributed by atoms with Crippen LogP contribution < -0.4 is 10.4 Å². The van der Waals surface area contributed by atoms with Crippen molar-refractivity contribution in [2.75, 3.05) is 0 Å². The molecule has 0 nitrogen and oxygen atoms in total. The summed E-state index contributed by atoms with van der Waals surface area (Å²) in [7, 11) is -1.84. The van der Waals surface area contributed by atoms with Crippen molar-refractivity contribution >= 4 is 24.0 Å². The summed E-state index contributed by atoms with van der Waals surface area (Å²) in [5.41, 5.74) is 5.58. The Hall–Kier alpha value is -2.38. The average molecular weight is 327 g/mol. The minimum absolute atomic E-state index is 1.19. The van der Waals surface area contributed by atoms with Crippen molar-refractivity contribution in [2.45, 2.75) is 18.9 Å². The molecular formula is C23H22Si. The van der Waals surface area contributed by atoms with E-state index in [1.807, 2.05) is 0 Å². The van der Waals surface area contributed by atoms with Crippen LogP contribution in [0.1, 0.15) is 18.4 Å². The lowest BCUT2D eigenvalue weighted by atomic mass is 10.0. The molecule has 0 fully saturated rings. The minimum Gasteiger partial charge on any atom is -0.0820 e. The van der Waals surface area contributed by atoms with Crippen molar-refractivity contribution in [1.82, 2.24) is 0 Å². The molecule has 0 bridgehead atoms. The van der Waals surface area contributed by atoms with Gasteiger partial charge in [0, 0.05) is 0 Å². The van der Waals surface area contributed by atoms with Crippen molar-refractivity contribution < 1.29 is 0 Å². The van der Waals surface area contributed by atoms with E-state index in [2.05, 4.69) is 96.7 Å². The van der Waals surface area contributed by atoms with E-state index < -0.39 is 8.07 Å². The second kappa shape index (κ2) is 6.62. The molecule has 0 aliphatic carbocycles. The highest BCUT2D eigenvalue weighted by atomic mass is 28.3. The van der Waals surface area contributed by atoms with E-state index in [0.717, 1.165) is 0 Å². The molecule has 0 aromatic heterocycles. The van der Waals surface area contributed by atoms with Crippen molar-refractivity contribution in [3.05, 3.63) is 102 Å². The van der Waals surface area contributed by atoms with Gasteiger partial charge >= 0.3 is 0 Å². The number of allylic oxidation sites excluding steroid dienone is 1. The van der Waals surface area contributed by atoms with Gasteiger partial charge in [0.1, 0.15) is 8.07 Å². The van der Waals surface area contributed by atoms with Crippen molar-refractivity contribution in [2.24, 2.45) is 0 Å². The fraction of sp³-hybridized carbons (Fsp3) is 0.130. The molecule has 0 unspecified atom stereocenters. The standard InChI is InChI=1S/C23H22Si/c1-4-11-20(12-5-1)21-13-10-18-24(19-21,22-14-6-2-7-15-22)23-16-8-3-9-17-23/h1-9,11-12,14-17,19H,10,13,18H2. The minimum atomic E-state index is -1.84. The van der Waals surface area contributed by atoms with Gasteiger partial charge in [0.2, 0.25) is 0 Å². The SMILES string of the molecule is C1=C(c2ccccc2)CCC[Si]1(c1ccccc1)c1ccccc1. The Morgan fingerprint density at radius 2 is 1.08 bits per heavy atom. The van der Waals surface area contributed by atoms with Gasteiger partial charge in [-0.15, -0.1) is 0 Å². The van der Waals surface area contributed by atoms with Gasteiger partial charge in [0.25, 0.3) is 0 Å². The van der Waals surface area contributed by atoms with Crippen LogP contribution >= 0.6 is 0 Å². The van der Waals surface area contributed by atoms with Crippen molar-refractivity contribution in [3.8, 4) is 0 Å². The van der Waals surface area contributed by atoms with Crippen LogP contribution in [0.15, 0.2) is 96.7 Å². The van der Waals surface area contributed by atoms with Crippen LogP contribution in [0.3, 0.4) is 0 Å². The highest BCUT2D eigenvalue weighted by molar-refractivity contribution is 7.06. The van der Waals surface area contributed by atoms with E-state index in [0.29, 0.717) is 0 Å². The summed E-state index contributed by atoms with van der Waals surface area (Å²) in [6.45, 7) is 0. The van der Waals surface area contributed by atoms with E-state index >= 15 is 0 Å². The Kier molecular flexibility index (Phi) is 4.18. The fourth-order valence-electron chi connectivity index (χ4n) is 3.97. The van der Waals surface area contributed by atoms with E-state index in [4.69, 9.17) is 0 Å². The number of rotatable bonds is 3. The zero-order chi connectivity index (χ0) is 16.2. The van der Waals surface area contributed by atoms with Crippen molar-refractivity contribution in [3.63, 3.8) is 0 Å². The summed E-state index contributed by atoms with van der Waals surface area (Å²) in [6, 6.07) is 34.6. The fourth-order valence-corrected chi connectivity index (χ4v) is 8.58. The Balaban J connectivity index is 1.91. The van der Waals surface area contributed by atoms with Crippen molar-refractivity contribution in [1.29, 1.82) is 0 Å². The molecule has 0 amide bonds. The second-order valence-corrected chi connectivity index (χ2v) is 10.5. The molecule has 1 aliphatic heterocycles. The van der Waals surface area contributed by atoms with Gasteiger partial charge in [0.15, 0.2) is 0 Å². The zero-order valence-electron chi connectivity index (χ0n) is 13.9. The van der Waals surface area contributed by atoms with Gasteiger partial charge in [-0.25, -0.2) is 0 Å². The van der Waals surface area contributed by atoms with Gasteiger partial charge in [-0.2, -0.15) is 0 Å². The Morgan fingerprint density at radius 1 is 0.583 bits per heavy atom. The summed E-state index contributed by atoms with van der Waals surface area (Å²) in [5.74, 6) is 0. The summed E-state index contributed by atoms with van der Waals surface area (Å²) < 4.78 is 0. The van der Waals surface area contributed by atoms with Crippen LogP contribution in [-0.2, 0) is 0 Å². The first kappa shape index (κ1) is 15.2. The van der Waals surface area contributed by atoms with E-state index in [1.54, 1.807) is 0 Å². The predicted octanol–water partition coefficient (Wildman–Crippen LogP) is 4.67. The molecule has 0 spiro atoms. The molecule has 24 heavy (non-hydrogen) atoms. The van der Waals surface area contributed by atoms with Gasteiger partial charge in [0.05, 0.1) is 0 Å². The van der Waals surface area contributed by atoms with Gasteiger partial charge in [-0.1, -0.05) is 103 Å². The van der Waals surface area contributed by atoms with E-state index in [9.17, 15) is 0 Å². The third-order valence-electron chi connectivity index (χ3n) is 5.16. The molecule has 0 saturated carbocycles. The highest BCUT2D eigenvalue weighted by Gasteiger charge is 2.37. The molecule has 1 heterocycles. The topological polar surface area (TPSA) is 0 Å². The number of hydrogen-bond acceptors (Lipinski definition) is 0. The lowest BCUT2D eigenvalue weighted by molar-refractivity contribution is 0.943. The summed E-state index contributed by atoms with van der Waals surface area (Å²) in [5, 5.41) is 3.06. The third kappa shape index (κ3) is 2.76. The maximum Gasteiger partial charge on any atom is 0.141 e. The first-order chi connectivity index (χ1) is 11.9. The van der Waals surface area contributed by atoms with E-state index in [-0.39, 0.29) is 0 Å². The van der Waals surface area contributed by atoms with Crippen LogP contribution in [0, 0.1) is 0 Å². The second-order valence-electron chi connectivity index (χ2n) is 6.59. The molecule has 3 aromatic carbocycles. The predicted molar refractivity (Wildman–Crippen MR) is 106 cm³/mol. The normalized spacial score (nSPS) is 16.4. The molecule has 118 valence electrons. The zero-order valence-corrected chi connectivity index (χ0v) is 14.9. The first-order valence-electron chi connectivity index (χ1n) is 8.77. The lowest BCUT2D eigenvalue weighted by Gasteiger charge is -2.34. The van der Waals surface area contributed by atoms with Crippen LogP contribution in [0.4, 0.5) is 0 Å². The summed E-state index contributed by atoms with van der Waals surface area (Å²) >= 11 is 0. The molecule has 0 radical (unpaired) electrons. The van der Waals surface area contributed by atoms with E-state index in [1.165, 1.54) is 40.4 Å². The Bertz CT molecular complexity index is 780. The summed E-state index contributed by atoms with van der Waals surface area (Å²) in [4.78, 5) is 0. The molecular weight excluding hydrogens is 304 g/mol. The molecule has 3 aromatic rings. The van der Waals surface area contributed by atoms with Gasteiger partial charge < -0.3 is 0 Å². The molecule has 1 heteroatoms. The number of hydrogen-bond donors (Lipinski definition) is 0. The maximum atomic E-state index is 2.66. The average Bonchev–Trinajstić information content (AvgIpc) is 2.70. The van der Waals surface area contributed by atoms with Gasteiger partial charge in [-0.05, 0) is 34.0 Å². The summed E-state index contributed by atoms with van der Waals surface area (Å²) in [6.07, 6.45) is 2.47. The monoisotopic (exact) mass is 326 g/mol. The third-order valence-corrected chi connectivity index (χ3v) is 9.87. The molecule has 0 N–H and O–H groups in total. The highest BCUT2D eigenvalue weighted by Crippen LogP contribution is 2.32. The molecule has 0 atom stereocenters. The molecule has 1 aliphatic rings. The Labute approximate surface area is 145 Å². The lowest BCUT2D eigenvalue weighted by Crippen LogP contribution is -2.57. The largest absolute Gasteiger partial charge is 0.141 e. The van der Waals surface area contributed by atoms with Crippen LogP contribution in [0.2, 0.25) is 6.04 Å². The smallest absolute Gasteiger partial charge is 0.0820 e. The molecule has 0 saturated heterocycles. The Morgan fingerprint density at radius 3 is 1.62 bits per heavy atom. The quantitative estimate of drug-likeness (QED) is 0.614. The van der Waals surface area contributed by atoms with Gasteiger partial charge in [-0.3, -0.25) is 0 Å². The first-order valence-corrected chi connectivity index (χ1v) is 11.1. The number of benzene rings is 3. The maximum absolute atomic E-state index is 2.66. The molecule has 4 rings (SSSR count). The van der Waals surface area contributed by atoms with Crippen LogP contribution in [0.5, 0.6) is 0 Å².